The molecule has 1 aliphatic rings. The van der Waals surface area contributed by atoms with Crippen molar-refractivity contribution in [3.05, 3.63) is 22.7 Å². The number of carbonyl (C=O) groups excluding carboxylic acids is 2. The van der Waals surface area contributed by atoms with Crippen molar-refractivity contribution in [2.45, 2.75) is 39.2 Å². The second kappa shape index (κ2) is 10.3. The molecule has 1 aromatic rings. The maximum atomic E-state index is 12.6. The minimum atomic E-state index is -0.337. The maximum Gasteiger partial charge on any atom is 0.409 e. The SMILES string of the molecule is CCCOc1c(Cl)cc(C(=O)NC2CCN(C(=O)OC)CC2)cc1OCC. The van der Waals surface area contributed by atoms with Crippen LogP contribution >= 0.6 is 11.6 Å². The Kier molecular flexibility index (Phi) is 8.03. The van der Waals surface area contributed by atoms with Crippen LogP contribution in [-0.2, 0) is 4.74 Å². The van der Waals surface area contributed by atoms with E-state index in [1.807, 2.05) is 13.8 Å². The number of halogens is 1. The Bertz CT molecular complexity index is 660. The van der Waals surface area contributed by atoms with Gasteiger partial charge in [-0.15, -0.1) is 0 Å². The van der Waals surface area contributed by atoms with E-state index in [0.29, 0.717) is 61.2 Å². The van der Waals surface area contributed by atoms with Gasteiger partial charge in [0.1, 0.15) is 0 Å². The van der Waals surface area contributed by atoms with Gasteiger partial charge in [-0.2, -0.15) is 0 Å². The average molecular weight is 399 g/mol. The van der Waals surface area contributed by atoms with Gasteiger partial charge in [0.15, 0.2) is 11.5 Å². The zero-order chi connectivity index (χ0) is 19.8. The summed E-state index contributed by atoms with van der Waals surface area (Å²) in [5.74, 6) is 0.698. The van der Waals surface area contributed by atoms with Crippen molar-refractivity contribution in [1.82, 2.24) is 10.2 Å². The lowest BCUT2D eigenvalue weighted by molar-refractivity contribution is 0.0891. The number of nitrogens with zero attached hydrogens (tertiary/aromatic N) is 1. The van der Waals surface area contributed by atoms with Gasteiger partial charge in [-0.25, -0.2) is 4.79 Å². The number of nitrogens with one attached hydrogen (secondary N) is 1. The molecule has 0 radical (unpaired) electrons. The molecule has 0 spiro atoms. The van der Waals surface area contributed by atoms with Gasteiger partial charge < -0.3 is 24.4 Å². The zero-order valence-electron chi connectivity index (χ0n) is 16.0. The summed E-state index contributed by atoms with van der Waals surface area (Å²) in [7, 11) is 1.36. The Balaban J connectivity index is 2.04. The van der Waals surface area contributed by atoms with Gasteiger partial charge in [0.25, 0.3) is 5.91 Å². The number of benzene rings is 1. The number of carbonyl (C=O) groups is 2. The Morgan fingerprint density at radius 1 is 1.22 bits per heavy atom. The van der Waals surface area contributed by atoms with Crippen LogP contribution in [0.25, 0.3) is 0 Å². The number of piperidine rings is 1. The number of methoxy groups -OCH3 is 1. The van der Waals surface area contributed by atoms with Crippen LogP contribution in [0.3, 0.4) is 0 Å². The standard InChI is InChI=1S/C19H27ClN2O5/c1-4-10-27-17-15(20)11-13(12-16(17)26-5-2)18(23)21-14-6-8-22(9-7-14)19(24)25-3/h11-12,14H,4-10H2,1-3H3,(H,21,23). The molecule has 2 amide bonds. The summed E-state index contributed by atoms with van der Waals surface area (Å²) in [6.07, 6.45) is 1.85. The second-order valence-electron chi connectivity index (χ2n) is 6.27. The van der Waals surface area contributed by atoms with Crippen molar-refractivity contribution in [2.75, 3.05) is 33.4 Å². The number of ether oxygens (including phenoxy) is 3. The van der Waals surface area contributed by atoms with Gasteiger partial charge in [-0.3, -0.25) is 4.79 Å². The molecule has 7 nitrogen and oxygen atoms in total. The second-order valence-corrected chi connectivity index (χ2v) is 6.68. The molecule has 150 valence electrons. The largest absolute Gasteiger partial charge is 0.490 e. The molecular formula is C19H27ClN2O5. The van der Waals surface area contributed by atoms with Gasteiger partial charge >= 0.3 is 6.09 Å². The fourth-order valence-corrected chi connectivity index (χ4v) is 3.18. The van der Waals surface area contributed by atoms with Crippen LogP contribution in [-0.4, -0.2) is 56.4 Å². The molecule has 2 rings (SSSR count). The van der Waals surface area contributed by atoms with Gasteiger partial charge in [-0.05, 0) is 38.3 Å². The Hall–Kier alpha value is -2.15. The third-order valence-electron chi connectivity index (χ3n) is 4.29. The molecule has 0 saturated carbocycles. The van der Waals surface area contributed by atoms with E-state index in [1.165, 1.54) is 7.11 Å². The summed E-state index contributed by atoms with van der Waals surface area (Å²) in [6.45, 7) is 5.92. The lowest BCUT2D eigenvalue weighted by Crippen LogP contribution is -2.46. The number of hydrogen-bond acceptors (Lipinski definition) is 5. The van der Waals surface area contributed by atoms with Crippen LogP contribution in [0.2, 0.25) is 5.02 Å². The van der Waals surface area contributed by atoms with Crippen LogP contribution < -0.4 is 14.8 Å². The fraction of sp³-hybridized carbons (Fsp3) is 0.579. The first-order chi connectivity index (χ1) is 13.0. The Morgan fingerprint density at radius 3 is 2.52 bits per heavy atom. The van der Waals surface area contributed by atoms with E-state index >= 15 is 0 Å². The van der Waals surface area contributed by atoms with Gasteiger partial charge in [0.05, 0.1) is 25.3 Å². The highest BCUT2D eigenvalue weighted by molar-refractivity contribution is 6.32. The number of rotatable bonds is 7. The molecule has 0 aromatic heterocycles. The molecule has 0 unspecified atom stereocenters. The molecule has 0 aliphatic carbocycles. The minimum absolute atomic E-state index is 0.0104. The molecule has 1 aliphatic heterocycles. The van der Waals surface area contributed by atoms with E-state index in [4.69, 9.17) is 25.8 Å². The Labute approximate surface area is 164 Å². The van der Waals surface area contributed by atoms with Gasteiger partial charge in [-0.1, -0.05) is 18.5 Å². The maximum absolute atomic E-state index is 12.6. The molecular weight excluding hydrogens is 372 g/mol. The third-order valence-corrected chi connectivity index (χ3v) is 4.57. The highest BCUT2D eigenvalue weighted by Gasteiger charge is 2.25. The highest BCUT2D eigenvalue weighted by atomic mass is 35.5. The van der Waals surface area contributed by atoms with Gasteiger partial charge in [0, 0.05) is 24.7 Å². The fourth-order valence-electron chi connectivity index (χ4n) is 2.91. The molecule has 1 aromatic carbocycles. The quantitative estimate of drug-likeness (QED) is 0.760. The van der Waals surface area contributed by atoms with Crippen molar-refractivity contribution < 1.29 is 23.8 Å². The first-order valence-corrected chi connectivity index (χ1v) is 9.60. The smallest absolute Gasteiger partial charge is 0.409 e. The molecule has 1 fully saturated rings. The van der Waals surface area contributed by atoms with E-state index in [-0.39, 0.29) is 18.0 Å². The molecule has 1 heterocycles. The molecule has 1 N–H and O–H groups in total. The summed E-state index contributed by atoms with van der Waals surface area (Å²) in [5, 5.41) is 3.35. The third kappa shape index (κ3) is 5.66. The van der Waals surface area contributed by atoms with E-state index in [0.717, 1.165) is 6.42 Å². The summed E-state index contributed by atoms with van der Waals surface area (Å²) in [5.41, 5.74) is 0.419. The monoisotopic (exact) mass is 398 g/mol. The first-order valence-electron chi connectivity index (χ1n) is 9.23. The van der Waals surface area contributed by atoms with Crippen molar-refractivity contribution >= 4 is 23.6 Å². The van der Waals surface area contributed by atoms with E-state index in [9.17, 15) is 9.59 Å². The molecule has 1 saturated heterocycles. The predicted octanol–water partition coefficient (Wildman–Crippen LogP) is 3.49. The molecule has 8 heteroatoms. The van der Waals surface area contributed by atoms with Crippen LogP contribution in [0.4, 0.5) is 4.79 Å². The van der Waals surface area contributed by atoms with E-state index < -0.39 is 0 Å². The normalized spacial score (nSPS) is 14.6. The highest BCUT2D eigenvalue weighted by Crippen LogP contribution is 2.37. The molecule has 0 atom stereocenters. The van der Waals surface area contributed by atoms with E-state index in [2.05, 4.69) is 5.32 Å². The van der Waals surface area contributed by atoms with Crippen molar-refractivity contribution in [3.8, 4) is 11.5 Å². The lowest BCUT2D eigenvalue weighted by Gasteiger charge is -2.31. The number of hydrogen-bond donors (Lipinski definition) is 1. The number of amides is 2. The molecule has 27 heavy (non-hydrogen) atoms. The summed E-state index contributed by atoms with van der Waals surface area (Å²) in [6, 6.07) is 3.23. The van der Waals surface area contributed by atoms with E-state index in [1.54, 1.807) is 17.0 Å². The van der Waals surface area contributed by atoms with Crippen LogP contribution in [0, 0.1) is 0 Å². The average Bonchev–Trinajstić information content (AvgIpc) is 2.67. The van der Waals surface area contributed by atoms with Gasteiger partial charge in [0.2, 0.25) is 0 Å². The van der Waals surface area contributed by atoms with Crippen LogP contribution in [0.15, 0.2) is 12.1 Å². The summed E-state index contributed by atoms with van der Waals surface area (Å²) >= 11 is 6.32. The minimum Gasteiger partial charge on any atom is -0.490 e. The zero-order valence-corrected chi connectivity index (χ0v) is 16.8. The lowest BCUT2D eigenvalue weighted by atomic mass is 10.0. The van der Waals surface area contributed by atoms with Crippen molar-refractivity contribution in [3.63, 3.8) is 0 Å². The van der Waals surface area contributed by atoms with Crippen LogP contribution in [0.1, 0.15) is 43.5 Å². The molecule has 0 bridgehead atoms. The topological polar surface area (TPSA) is 77.1 Å². The predicted molar refractivity (Wildman–Crippen MR) is 103 cm³/mol. The van der Waals surface area contributed by atoms with Crippen LogP contribution in [0.5, 0.6) is 11.5 Å². The first kappa shape index (κ1) is 21.2. The number of likely N-dealkylation sites (tertiary alicyclic amines) is 1. The Morgan fingerprint density at radius 2 is 1.93 bits per heavy atom. The van der Waals surface area contributed by atoms with Crippen molar-refractivity contribution in [1.29, 1.82) is 0 Å². The van der Waals surface area contributed by atoms with Crippen molar-refractivity contribution in [2.24, 2.45) is 0 Å². The summed E-state index contributed by atoms with van der Waals surface area (Å²) in [4.78, 5) is 25.8. The summed E-state index contributed by atoms with van der Waals surface area (Å²) < 4.78 is 16.0.